The van der Waals surface area contributed by atoms with Gasteiger partial charge in [-0.3, -0.25) is 4.79 Å². The van der Waals surface area contributed by atoms with E-state index < -0.39 is 11.4 Å². The van der Waals surface area contributed by atoms with Crippen molar-refractivity contribution in [1.82, 2.24) is 0 Å². The van der Waals surface area contributed by atoms with Crippen LogP contribution in [0.1, 0.15) is 21.5 Å². The van der Waals surface area contributed by atoms with Crippen LogP contribution in [0.4, 0.5) is 0 Å². The van der Waals surface area contributed by atoms with Gasteiger partial charge in [0.05, 0.1) is 4.47 Å². The molecule has 0 radical (unpaired) electrons. The van der Waals surface area contributed by atoms with Crippen LogP contribution >= 0.6 is 31.9 Å². The van der Waals surface area contributed by atoms with E-state index >= 15 is 0 Å². The monoisotopic (exact) mass is 476 g/mol. The Labute approximate surface area is 164 Å². The summed E-state index contributed by atoms with van der Waals surface area (Å²) >= 11 is 6.60. The summed E-state index contributed by atoms with van der Waals surface area (Å²) in [5, 5.41) is 10.9. The van der Waals surface area contributed by atoms with Gasteiger partial charge in [-0.05, 0) is 58.8 Å². The first-order valence-electron chi connectivity index (χ1n) is 7.55. The van der Waals surface area contributed by atoms with E-state index in [2.05, 4.69) is 31.9 Å². The minimum absolute atomic E-state index is 0.0136. The summed E-state index contributed by atoms with van der Waals surface area (Å²) in [7, 11) is 0. The summed E-state index contributed by atoms with van der Waals surface area (Å²) < 4.78 is 12.1. The molecule has 0 aliphatic carbocycles. The van der Waals surface area contributed by atoms with Gasteiger partial charge in [0.1, 0.15) is 17.1 Å². The number of ketones is 1. The quantitative estimate of drug-likeness (QED) is 0.396. The molecule has 0 spiro atoms. The molecule has 2 heterocycles. The molecule has 2 aromatic carbocycles. The zero-order chi connectivity index (χ0) is 18.6. The van der Waals surface area contributed by atoms with Gasteiger partial charge >= 0.3 is 5.63 Å². The van der Waals surface area contributed by atoms with Crippen LogP contribution in [0.3, 0.4) is 0 Å². The van der Waals surface area contributed by atoms with Crippen molar-refractivity contribution in [3.05, 3.63) is 72.1 Å². The van der Waals surface area contributed by atoms with Crippen molar-refractivity contribution in [3.8, 4) is 11.5 Å². The Morgan fingerprint density at radius 3 is 2.65 bits per heavy atom. The van der Waals surface area contributed by atoms with Crippen LogP contribution in [-0.2, 0) is 0 Å². The number of allylic oxidation sites excluding steroid dienone is 1. The number of benzene rings is 2. The maximum atomic E-state index is 12.9. The Kier molecular flexibility index (Phi) is 4.00. The lowest BCUT2D eigenvalue weighted by molar-refractivity contribution is 0.101. The first-order valence-corrected chi connectivity index (χ1v) is 9.13. The number of carbonyl (C=O) groups is 1. The van der Waals surface area contributed by atoms with Crippen LogP contribution in [0.2, 0.25) is 0 Å². The molecular formula is C19H10Br2O5. The highest BCUT2D eigenvalue weighted by Gasteiger charge is 2.31. The highest BCUT2D eigenvalue weighted by molar-refractivity contribution is 9.11. The minimum Gasteiger partial charge on any atom is -0.506 e. The predicted molar refractivity (Wildman–Crippen MR) is 104 cm³/mol. The van der Waals surface area contributed by atoms with Crippen LogP contribution in [0.15, 0.2) is 54.2 Å². The molecule has 0 saturated carbocycles. The van der Waals surface area contributed by atoms with Gasteiger partial charge in [0.25, 0.3) is 0 Å². The zero-order valence-corrected chi connectivity index (χ0v) is 16.5. The Balaban J connectivity index is 1.90. The number of phenols is 1. The van der Waals surface area contributed by atoms with E-state index in [-0.39, 0.29) is 22.7 Å². The highest BCUT2D eigenvalue weighted by Crippen LogP contribution is 2.39. The molecule has 5 nitrogen and oxygen atoms in total. The molecule has 1 N–H and O–H groups in total. The van der Waals surface area contributed by atoms with Gasteiger partial charge in [0.15, 0.2) is 11.3 Å². The summed E-state index contributed by atoms with van der Waals surface area (Å²) in [6, 6.07) is 8.14. The van der Waals surface area contributed by atoms with Crippen LogP contribution in [0, 0.1) is 6.92 Å². The van der Waals surface area contributed by atoms with Crippen molar-refractivity contribution in [2.24, 2.45) is 0 Å². The average molecular weight is 478 g/mol. The molecule has 26 heavy (non-hydrogen) atoms. The number of phenolic OH excluding ortho intramolecular Hbond substituents is 1. The first-order chi connectivity index (χ1) is 12.3. The summed E-state index contributed by atoms with van der Waals surface area (Å²) in [5.74, 6) is -0.0665. The van der Waals surface area contributed by atoms with E-state index in [0.717, 1.165) is 10.0 Å². The second-order valence-corrected chi connectivity index (χ2v) is 7.60. The topological polar surface area (TPSA) is 76.7 Å². The van der Waals surface area contributed by atoms with Gasteiger partial charge in [0, 0.05) is 21.5 Å². The zero-order valence-electron chi connectivity index (χ0n) is 13.3. The Bertz CT molecular complexity index is 1190. The Morgan fingerprint density at radius 2 is 1.88 bits per heavy atom. The van der Waals surface area contributed by atoms with Gasteiger partial charge < -0.3 is 14.3 Å². The van der Waals surface area contributed by atoms with Gasteiger partial charge in [-0.1, -0.05) is 15.9 Å². The number of aryl methyl sites for hydroxylation is 1. The summed E-state index contributed by atoms with van der Waals surface area (Å²) in [6.45, 7) is 1.78. The Hall–Kier alpha value is -2.38. The lowest BCUT2D eigenvalue weighted by Gasteiger charge is -2.04. The maximum absolute atomic E-state index is 12.9. The molecule has 1 aliphatic heterocycles. The molecule has 0 fully saturated rings. The third-order valence-corrected chi connectivity index (χ3v) is 5.16. The fourth-order valence-corrected chi connectivity index (χ4v) is 4.14. The summed E-state index contributed by atoms with van der Waals surface area (Å²) in [5.41, 5.74) is 1.02. The van der Waals surface area contributed by atoms with Crippen LogP contribution in [0.5, 0.6) is 11.5 Å². The number of Topliss-reactive ketones (excluding diaryl/α,β-unsaturated/α-hetero) is 1. The maximum Gasteiger partial charge on any atom is 0.336 e. The largest absolute Gasteiger partial charge is 0.506 e. The van der Waals surface area contributed by atoms with Gasteiger partial charge in [-0.15, -0.1) is 0 Å². The molecule has 0 saturated heterocycles. The van der Waals surface area contributed by atoms with E-state index in [4.69, 9.17) is 9.15 Å². The number of hydrogen-bond donors (Lipinski definition) is 1. The molecule has 7 heteroatoms. The fourth-order valence-electron chi connectivity index (χ4n) is 2.89. The number of ether oxygens (including phenoxy) is 1. The van der Waals surface area contributed by atoms with Crippen molar-refractivity contribution in [1.29, 1.82) is 0 Å². The molecule has 0 amide bonds. The third kappa shape index (κ3) is 2.68. The lowest BCUT2D eigenvalue weighted by atomic mass is 10.0. The van der Waals surface area contributed by atoms with Crippen molar-refractivity contribution < 1.29 is 19.1 Å². The molecule has 0 unspecified atom stereocenters. The van der Waals surface area contributed by atoms with E-state index in [1.165, 1.54) is 12.1 Å². The second kappa shape index (κ2) is 6.10. The average Bonchev–Trinajstić information content (AvgIpc) is 2.88. The fraction of sp³-hybridized carbons (Fsp3) is 0.0526. The normalized spacial score (nSPS) is 14.7. The second-order valence-electron chi connectivity index (χ2n) is 5.83. The standard InChI is InChI=1S/C19H10Br2O5/c1-8-4-15(22)26-19-11(8)2-3-13-16(19)18(24)14(25-13)6-9-5-10(20)7-12(21)17(9)23/h2-7,23H,1H3. The number of halogens is 2. The van der Waals surface area contributed by atoms with Crippen molar-refractivity contribution >= 4 is 54.7 Å². The molecule has 0 atom stereocenters. The SMILES string of the molecule is Cc1cc(=O)oc2c3c(ccc12)OC(=Cc1cc(Br)cc(Br)c1O)C3=O. The van der Waals surface area contributed by atoms with E-state index in [9.17, 15) is 14.7 Å². The van der Waals surface area contributed by atoms with Crippen molar-refractivity contribution in [2.75, 3.05) is 0 Å². The van der Waals surface area contributed by atoms with Gasteiger partial charge in [0.2, 0.25) is 5.78 Å². The molecular weight excluding hydrogens is 468 g/mol. The number of aromatic hydroxyl groups is 1. The lowest BCUT2D eigenvalue weighted by Crippen LogP contribution is -2.02. The van der Waals surface area contributed by atoms with Gasteiger partial charge in [-0.2, -0.15) is 0 Å². The van der Waals surface area contributed by atoms with E-state index in [1.54, 1.807) is 31.2 Å². The van der Waals surface area contributed by atoms with Gasteiger partial charge in [-0.25, -0.2) is 4.79 Å². The number of rotatable bonds is 1. The predicted octanol–water partition coefficient (Wildman–Crippen LogP) is 4.95. The van der Waals surface area contributed by atoms with E-state index in [0.29, 0.717) is 21.2 Å². The van der Waals surface area contributed by atoms with Crippen molar-refractivity contribution in [2.45, 2.75) is 6.92 Å². The highest BCUT2D eigenvalue weighted by atomic mass is 79.9. The van der Waals surface area contributed by atoms with E-state index in [1.807, 2.05) is 0 Å². The van der Waals surface area contributed by atoms with Crippen LogP contribution in [-0.4, -0.2) is 10.9 Å². The Morgan fingerprint density at radius 1 is 1.12 bits per heavy atom. The third-order valence-electron chi connectivity index (χ3n) is 4.10. The minimum atomic E-state index is -0.526. The van der Waals surface area contributed by atoms with Crippen molar-refractivity contribution in [3.63, 3.8) is 0 Å². The molecule has 1 aliphatic rings. The molecule has 0 bridgehead atoms. The number of carbonyl (C=O) groups excluding carboxylic acids is 1. The van der Waals surface area contributed by atoms with Crippen LogP contribution in [0.25, 0.3) is 17.0 Å². The summed E-state index contributed by atoms with van der Waals surface area (Å²) in [6.07, 6.45) is 1.45. The smallest absolute Gasteiger partial charge is 0.336 e. The first kappa shape index (κ1) is 17.1. The molecule has 130 valence electrons. The number of hydrogen-bond acceptors (Lipinski definition) is 5. The summed E-state index contributed by atoms with van der Waals surface area (Å²) in [4.78, 5) is 24.6. The number of fused-ring (bicyclic) bond motifs is 3. The molecule has 3 aromatic rings. The molecule has 1 aromatic heterocycles. The molecule has 4 rings (SSSR count). The van der Waals surface area contributed by atoms with Crippen LogP contribution < -0.4 is 10.4 Å².